The van der Waals surface area contributed by atoms with E-state index in [1.807, 2.05) is 13.8 Å². The molecule has 0 saturated carbocycles. The third-order valence-corrected chi connectivity index (χ3v) is 3.73. The first kappa shape index (κ1) is 16.2. The standard InChI is InChI=1S/C15H19ClFNO3/c1-10(8-15(2)20-6-7-21-15)9-18-14(19)13-11(16)4-3-5-12(13)17/h3-5,10H,6-9H2,1-2H3,(H,18,19)/t10-/m0/s1. The van der Waals surface area contributed by atoms with Crippen LogP contribution in [0.5, 0.6) is 0 Å². The molecule has 116 valence electrons. The molecule has 0 aromatic heterocycles. The van der Waals surface area contributed by atoms with Crippen LogP contribution in [0.1, 0.15) is 30.6 Å². The highest BCUT2D eigenvalue weighted by Gasteiger charge is 2.32. The van der Waals surface area contributed by atoms with Crippen molar-refractivity contribution >= 4 is 17.5 Å². The quantitative estimate of drug-likeness (QED) is 0.908. The van der Waals surface area contributed by atoms with E-state index in [1.54, 1.807) is 0 Å². The van der Waals surface area contributed by atoms with Crippen molar-refractivity contribution in [2.75, 3.05) is 19.8 Å². The lowest BCUT2D eigenvalue weighted by Crippen LogP contribution is -2.34. The minimum absolute atomic E-state index is 0.106. The van der Waals surface area contributed by atoms with E-state index in [0.29, 0.717) is 26.2 Å². The molecule has 21 heavy (non-hydrogen) atoms. The highest BCUT2D eigenvalue weighted by Crippen LogP contribution is 2.26. The predicted molar refractivity (Wildman–Crippen MR) is 77.8 cm³/mol. The third-order valence-electron chi connectivity index (χ3n) is 3.42. The van der Waals surface area contributed by atoms with Crippen LogP contribution in [0.4, 0.5) is 4.39 Å². The first-order chi connectivity index (χ1) is 9.91. The molecule has 1 amide bonds. The van der Waals surface area contributed by atoms with E-state index in [4.69, 9.17) is 21.1 Å². The molecule has 1 atom stereocenters. The summed E-state index contributed by atoms with van der Waals surface area (Å²) in [5.41, 5.74) is -0.119. The molecule has 1 fully saturated rings. The summed E-state index contributed by atoms with van der Waals surface area (Å²) in [7, 11) is 0. The highest BCUT2D eigenvalue weighted by atomic mass is 35.5. The van der Waals surface area contributed by atoms with Crippen LogP contribution in [0, 0.1) is 11.7 Å². The summed E-state index contributed by atoms with van der Waals surface area (Å²) in [6.07, 6.45) is 0.651. The summed E-state index contributed by atoms with van der Waals surface area (Å²) in [6, 6.07) is 4.17. The Balaban J connectivity index is 1.89. The van der Waals surface area contributed by atoms with E-state index in [9.17, 15) is 9.18 Å². The van der Waals surface area contributed by atoms with Gasteiger partial charge in [0.05, 0.1) is 23.8 Å². The van der Waals surface area contributed by atoms with Gasteiger partial charge in [-0.25, -0.2) is 4.39 Å². The zero-order valence-electron chi connectivity index (χ0n) is 12.1. The van der Waals surface area contributed by atoms with Crippen molar-refractivity contribution < 1.29 is 18.7 Å². The molecule has 0 spiro atoms. The molecule has 6 heteroatoms. The first-order valence-electron chi connectivity index (χ1n) is 6.91. The summed E-state index contributed by atoms with van der Waals surface area (Å²) in [5, 5.41) is 2.80. The number of ether oxygens (including phenoxy) is 2. The van der Waals surface area contributed by atoms with Gasteiger partial charge in [0.15, 0.2) is 5.79 Å². The van der Waals surface area contributed by atoms with Crippen LogP contribution >= 0.6 is 11.6 Å². The largest absolute Gasteiger partial charge is 0.352 e. The monoisotopic (exact) mass is 315 g/mol. The van der Waals surface area contributed by atoms with Gasteiger partial charge in [-0.3, -0.25) is 4.79 Å². The molecule has 4 nitrogen and oxygen atoms in total. The van der Waals surface area contributed by atoms with E-state index in [1.165, 1.54) is 18.2 Å². The van der Waals surface area contributed by atoms with E-state index < -0.39 is 17.5 Å². The highest BCUT2D eigenvalue weighted by molar-refractivity contribution is 6.33. The van der Waals surface area contributed by atoms with Crippen molar-refractivity contribution in [2.24, 2.45) is 5.92 Å². The van der Waals surface area contributed by atoms with Gasteiger partial charge in [0, 0.05) is 13.0 Å². The summed E-state index contributed by atoms with van der Waals surface area (Å²) in [6.45, 7) is 5.41. The molecule has 0 radical (unpaired) electrons. The average molecular weight is 316 g/mol. The molecule has 2 rings (SSSR count). The number of carbonyl (C=O) groups is 1. The number of nitrogens with one attached hydrogen (secondary N) is 1. The smallest absolute Gasteiger partial charge is 0.255 e. The number of carbonyl (C=O) groups excluding carboxylic acids is 1. The molecular formula is C15H19ClFNO3. The maximum absolute atomic E-state index is 13.6. The molecular weight excluding hydrogens is 297 g/mol. The fourth-order valence-electron chi connectivity index (χ4n) is 2.45. The lowest BCUT2D eigenvalue weighted by atomic mass is 10.0. The van der Waals surface area contributed by atoms with Crippen molar-refractivity contribution in [1.29, 1.82) is 0 Å². The summed E-state index contributed by atoms with van der Waals surface area (Å²) >= 11 is 5.86. The van der Waals surface area contributed by atoms with Crippen molar-refractivity contribution in [2.45, 2.75) is 26.1 Å². The fourth-order valence-corrected chi connectivity index (χ4v) is 2.70. The van der Waals surface area contributed by atoms with Crippen molar-refractivity contribution in [3.05, 3.63) is 34.6 Å². The number of rotatable bonds is 5. The van der Waals surface area contributed by atoms with Gasteiger partial charge >= 0.3 is 0 Å². The molecule has 1 heterocycles. The number of hydrogen-bond acceptors (Lipinski definition) is 3. The fraction of sp³-hybridized carbons (Fsp3) is 0.533. The predicted octanol–water partition coefficient (Wildman–Crippen LogP) is 3.00. The molecule has 1 N–H and O–H groups in total. The van der Waals surface area contributed by atoms with Crippen LogP contribution in [0.25, 0.3) is 0 Å². The van der Waals surface area contributed by atoms with E-state index >= 15 is 0 Å². The Kier molecular flexibility index (Phi) is 5.19. The van der Waals surface area contributed by atoms with Crippen LogP contribution in [0.3, 0.4) is 0 Å². The number of amides is 1. The molecule has 1 aromatic rings. The Hall–Kier alpha value is -1.17. The van der Waals surface area contributed by atoms with Crippen LogP contribution in [0.15, 0.2) is 18.2 Å². The van der Waals surface area contributed by atoms with Crippen molar-refractivity contribution in [1.82, 2.24) is 5.32 Å². The topological polar surface area (TPSA) is 47.6 Å². The average Bonchev–Trinajstić information content (AvgIpc) is 2.82. The molecule has 0 aliphatic carbocycles. The van der Waals surface area contributed by atoms with E-state index in [-0.39, 0.29) is 16.5 Å². The zero-order chi connectivity index (χ0) is 15.5. The molecule has 1 aromatic carbocycles. The van der Waals surface area contributed by atoms with Crippen molar-refractivity contribution in [3.63, 3.8) is 0 Å². The molecule has 1 aliphatic rings. The Labute approximate surface area is 128 Å². The Morgan fingerprint density at radius 3 is 2.76 bits per heavy atom. The first-order valence-corrected chi connectivity index (χ1v) is 7.29. The molecule has 0 bridgehead atoms. The van der Waals surface area contributed by atoms with E-state index in [2.05, 4.69) is 5.32 Å². The van der Waals surface area contributed by atoms with Gasteiger partial charge < -0.3 is 14.8 Å². The van der Waals surface area contributed by atoms with E-state index in [0.717, 1.165) is 0 Å². The van der Waals surface area contributed by atoms with Gasteiger partial charge in [0.2, 0.25) is 0 Å². The lowest BCUT2D eigenvalue weighted by molar-refractivity contribution is -0.153. The number of halogens is 2. The SMILES string of the molecule is C[C@H](CNC(=O)c1c(F)cccc1Cl)CC1(C)OCCO1. The third kappa shape index (κ3) is 4.15. The Morgan fingerprint density at radius 2 is 2.14 bits per heavy atom. The van der Waals surface area contributed by atoms with Crippen LogP contribution < -0.4 is 5.32 Å². The minimum atomic E-state index is -0.623. The maximum atomic E-state index is 13.6. The van der Waals surface area contributed by atoms with Gasteiger partial charge in [-0.2, -0.15) is 0 Å². The van der Waals surface area contributed by atoms with Gasteiger partial charge in [-0.1, -0.05) is 24.6 Å². The van der Waals surface area contributed by atoms with Gasteiger partial charge in [-0.05, 0) is 25.0 Å². The Bertz CT molecular complexity index is 497. The van der Waals surface area contributed by atoms with Gasteiger partial charge in [0.1, 0.15) is 5.82 Å². The lowest BCUT2D eigenvalue weighted by Gasteiger charge is -2.26. The second kappa shape index (κ2) is 6.73. The summed E-state index contributed by atoms with van der Waals surface area (Å²) in [5.74, 6) is -1.60. The summed E-state index contributed by atoms with van der Waals surface area (Å²) in [4.78, 5) is 12.0. The maximum Gasteiger partial charge on any atom is 0.255 e. The molecule has 1 saturated heterocycles. The second-order valence-electron chi connectivity index (χ2n) is 5.45. The number of benzene rings is 1. The Morgan fingerprint density at radius 1 is 1.48 bits per heavy atom. The van der Waals surface area contributed by atoms with Crippen LogP contribution in [-0.4, -0.2) is 31.5 Å². The second-order valence-corrected chi connectivity index (χ2v) is 5.85. The van der Waals surface area contributed by atoms with Crippen LogP contribution in [-0.2, 0) is 9.47 Å². The number of hydrogen-bond donors (Lipinski definition) is 1. The van der Waals surface area contributed by atoms with Gasteiger partial charge in [0.25, 0.3) is 5.91 Å². The summed E-state index contributed by atoms with van der Waals surface area (Å²) < 4.78 is 24.7. The van der Waals surface area contributed by atoms with Crippen LogP contribution in [0.2, 0.25) is 5.02 Å². The van der Waals surface area contributed by atoms with Crippen molar-refractivity contribution in [3.8, 4) is 0 Å². The molecule has 1 aliphatic heterocycles. The normalized spacial score (nSPS) is 18.5. The van der Waals surface area contributed by atoms with Gasteiger partial charge in [-0.15, -0.1) is 0 Å². The molecule has 0 unspecified atom stereocenters. The zero-order valence-corrected chi connectivity index (χ0v) is 12.9. The minimum Gasteiger partial charge on any atom is -0.352 e.